The molecule has 2 heterocycles. The number of rotatable bonds is 4. The predicted molar refractivity (Wildman–Crippen MR) is 111 cm³/mol. The van der Waals surface area contributed by atoms with Crippen molar-refractivity contribution in [2.45, 2.75) is 19.4 Å². The largest absolute Gasteiger partial charge is 0.349 e. The van der Waals surface area contributed by atoms with E-state index in [1.165, 1.54) is 6.20 Å². The highest BCUT2D eigenvalue weighted by Gasteiger charge is 2.23. The lowest BCUT2D eigenvalue weighted by Crippen LogP contribution is -2.48. The number of piperidine rings is 1. The molecule has 0 bridgehead atoms. The van der Waals surface area contributed by atoms with E-state index in [9.17, 15) is 9.59 Å². The second-order valence-electron chi connectivity index (χ2n) is 6.33. The van der Waals surface area contributed by atoms with Crippen molar-refractivity contribution < 1.29 is 9.59 Å². The van der Waals surface area contributed by atoms with Crippen molar-refractivity contribution >= 4 is 42.3 Å². The molecule has 1 aliphatic heterocycles. The number of nitrogens with zero attached hydrogens (tertiary/aromatic N) is 1. The van der Waals surface area contributed by atoms with Gasteiger partial charge in [-0.25, -0.2) is 0 Å². The molecule has 1 aliphatic rings. The van der Waals surface area contributed by atoms with E-state index < -0.39 is 0 Å². The van der Waals surface area contributed by atoms with E-state index >= 15 is 0 Å². The number of carbonyl (C=O) groups is 2. The molecular formula is C19H24Cl2N4O2. The molecule has 1 saturated heterocycles. The molecule has 0 spiro atoms. The van der Waals surface area contributed by atoms with Gasteiger partial charge in [0.25, 0.3) is 11.8 Å². The van der Waals surface area contributed by atoms with Crippen molar-refractivity contribution in [3.05, 3.63) is 59.9 Å². The summed E-state index contributed by atoms with van der Waals surface area (Å²) >= 11 is 0. The number of hydrogen-bond acceptors (Lipinski definition) is 4. The summed E-state index contributed by atoms with van der Waals surface area (Å²) in [6.07, 6.45) is 4.04. The molecule has 2 unspecified atom stereocenters. The summed E-state index contributed by atoms with van der Waals surface area (Å²) in [6.45, 7) is 3.95. The van der Waals surface area contributed by atoms with Crippen LogP contribution in [0.15, 0.2) is 48.8 Å². The standard InChI is InChI=1S/C19H22N4O2.2ClH/c1-13-11-21-9-7-17(13)23-18(24)14-4-2-6-16(10-14)22-19(25)15-5-3-8-20-12-15;;/h2-6,8,10,12-13,17,21H,7,9,11H2,1H3,(H,22,25)(H,23,24);2*1H. The van der Waals surface area contributed by atoms with Crippen molar-refractivity contribution in [2.75, 3.05) is 18.4 Å². The number of amides is 2. The quantitative estimate of drug-likeness (QED) is 0.723. The monoisotopic (exact) mass is 410 g/mol. The minimum atomic E-state index is -0.252. The number of hydrogen-bond donors (Lipinski definition) is 3. The van der Waals surface area contributed by atoms with Crippen LogP contribution >= 0.6 is 24.8 Å². The number of nitrogens with one attached hydrogen (secondary N) is 3. The number of pyridine rings is 1. The van der Waals surface area contributed by atoms with E-state index in [0.29, 0.717) is 22.7 Å². The van der Waals surface area contributed by atoms with Crippen LogP contribution in [-0.4, -0.2) is 35.9 Å². The van der Waals surface area contributed by atoms with Gasteiger partial charge in [0.05, 0.1) is 5.56 Å². The summed E-state index contributed by atoms with van der Waals surface area (Å²) in [5, 5.41) is 9.21. The van der Waals surface area contributed by atoms with Crippen molar-refractivity contribution in [3.63, 3.8) is 0 Å². The van der Waals surface area contributed by atoms with Gasteiger partial charge in [0.2, 0.25) is 0 Å². The van der Waals surface area contributed by atoms with Crippen LogP contribution in [0, 0.1) is 5.92 Å². The average Bonchev–Trinajstić information content (AvgIpc) is 2.64. The van der Waals surface area contributed by atoms with E-state index in [1.807, 2.05) is 0 Å². The van der Waals surface area contributed by atoms with Gasteiger partial charge >= 0.3 is 0 Å². The third kappa shape index (κ3) is 6.20. The van der Waals surface area contributed by atoms with Crippen LogP contribution in [0.5, 0.6) is 0 Å². The van der Waals surface area contributed by atoms with Crippen molar-refractivity contribution in [1.82, 2.24) is 15.6 Å². The van der Waals surface area contributed by atoms with Gasteiger partial charge in [0.1, 0.15) is 0 Å². The summed E-state index contributed by atoms with van der Waals surface area (Å²) in [7, 11) is 0. The molecular weight excluding hydrogens is 387 g/mol. The van der Waals surface area contributed by atoms with Gasteiger partial charge in [0, 0.05) is 29.7 Å². The summed E-state index contributed by atoms with van der Waals surface area (Å²) in [5.41, 5.74) is 1.59. The minimum absolute atomic E-state index is 0. The highest BCUT2D eigenvalue weighted by molar-refractivity contribution is 6.04. The lowest BCUT2D eigenvalue weighted by Gasteiger charge is -2.30. The Morgan fingerprint density at radius 3 is 2.59 bits per heavy atom. The van der Waals surface area contributed by atoms with Crippen LogP contribution in [0.1, 0.15) is 34.1 Å². The Bertz CT molecular complexity index is 758. The highest BCUT2D eigenvalue weighted by Crippen LogP contribution is 2.15. The Morgan fingerprint density at radius 2 is 1.89 bits per heavy atom. The van der Waals surface area contributed by atoms with Crippen molar-refractivity contribution in [2.24, 2.45) is 5.92 Å². The fraction of sp³-hybridized carbons (Fsp3) is 0.316. The third-order valence-corrected chi connectivity index (χ3v) is 4.41. The lowest BCUT2D eigenvalue weighted by molar-refractivity contribution is 0.0913. The van der Waals surface area contributed by atoms with Gasteiger partial charge < -0.3 is 16.0 Å². The Balaban J connectivity index is 0.00000182. The molecule has 1 aromatic carbocycles. The van der Waals surface area contributed by atoms with E-state index in [1.54, 1.807) is 42.6 Å². The molecule has 1 aromatic heterocycles. The number of aromatic nitrogens is 1. The van der Waals surface area contributed by atoms with E-state index in [-0.39, 0.29) is 42.7 Å². The molecule has 3 N–H and O–H groups in total. The highest BCUT2D eigenvalue weighted by atomic mass is 35.5. The lowest BCUT2D eigenvalue weighted by atomic mass is 9.95. The van der Waals surface area contributed by atoms with Crippen LogP contribution in [0.2, 0.25) is 0 Å². The zero-order valence-electron chi connectivity index (χ0n) is 15.0. The Morgan fingerprint density at radius 1 is 1.11 bits per heavy atom. The summed E-state index contributed by atoms with van der Waals surface area (Å²) in [4.78, 5) is 28.6. The SMILES string of the molecule is CC1CNCCC1NC(=O)c1cccc(NC(=O)c2cccnc2)c1.Cl.Cl. The second kappa shape index (κ2) is 10.9. The van der Waals surface area contributed by atoms with Gasteiger partial charge in [-0.3, -0.25) is 14.6 Å². The van der Waals surface area contributed by atoms with Crippen molar-refractivity contribution in [1.29, 1.82) is 0 Å². The average molecular weight is 411 g/mol. The van der Waals surface area contributed by atoms with Crippen LogP contribution in [-0.2, 0) is 0 Å². The Kier molecular flexibility index (Phi) is 9.21. The topological polar surface area (TPSA) is 83.1 Å². The maximum absolute atomic E-state index is 12.5. The molecule has 3 rings (SSSR count). The molecule has 6 nitrogen and oxygen atoms in total. The Hall–Kier alpha value is -2.15. The fourth-order valence-corrected chi connectivity index (χ4v) is 2.92. The van der Waals surface area contributed by atoms with Gasteiger partial charge in [-0.05, 0) is 55.8 Å². The van der Waals surface area contributed by atoms with E-state index in [4.69, 9.17) is 0 Å². The zero-order valence-corrected chi connectivity index (χ0v) is 16.6. The molecule has 146 valence electrons. The van der Waals surface area contributed by atoms with Crippen LogP contribution in [0.25, 0.3) is 0 Å². The molecule has 2 aromatic rings. The van der Waals surface area contributed by atoms with Gasteiger partial charge in [-0.2, -0.15) is 0 Å². The van der Waals surface area contributed by atoms with Gasteiger partial charge in [-0.1, -0.05) is 13.0 Å². The third-order valence-electron chi connectivity index (χ3n) is 4.41. The molecule has 2 amide bonds. The van der Waals surface area contributed by atoms with Crippen LogP contribution < -0.4 is 16.0 Å². The predicted octanol–water partition coefficient (Wildman–Crippen LogP) is 2.91. The first-order chi connectivity index (χ1) is 12.1. The zero-order chi connectivity index (χ0) is 17.6. The van der Waals surface area contributed by atoms with Crippen LogP contribution in [0.4, 0.5) is 5.69 Å². The molecule has 27 heavy (non-hydrogen) atoms. The molecule has 1 fully saturated rings. The maximum atomic E-state index is 12.5. The maximum Gasteiger partial charge on any atom is 0.257 e. The number of anilines is 1. The van der Waals surface area contributed by atoms with E-state index in [0.717, 1.165) is 19.5 Å². The first-order valence-electron chi connectivity index (χ1n) is 8.46. The molecule has 2 atom stereocenters. The van der Waals surface area contributed by atoms with Gasteiger partial charge in [0.15, 0.2) is 0 Å². The minimum Gasteiger partial charge on any atom is -0.349 e. The number of halogens is 2. The molecule has 0 saturated carbocycles. The van der Waals surface area contributed by atoms with Crippen molar-refractivity contribution in [3.8, 4) is 0 Å². The summed E-state index contributed by atoms with van der Waals surface area (Å²) < 4.78 is 0. The molecule has 8 heteroatoms. The van der Waals surface area contributed by atoms with E-state index in [2.05, 4.69) is 27.9 Å². The molecule has 0 aliphatic carbocycles. The number of benzene rings is 1. The molecule has 0 radical (unpaired) electrons. The summed E-state index contributed by atoms with van der Waals surface area (Å²) in [6, 6.07) is 10.5. The fourth-order valence-electron chi connectivity index (χ4n) is 2.92. The normalized spacial score (nSPS) is 18.4. The van der Waals surface area contributed by atoms with Crippen LogP contribution in [0.3, 0.4) is 0 Å². The second-order valence-corrected chi connectivity index (χ2v) is 6.33. The number of carbonyl (C=O) groups excluding carboxylic acids is 2. The first kappa shape index (κ1) is 22.9. The Labute approximate surface area is 171 Å². The first-order valence-corrected chi connectivity index (χ1v) is 8.46. The smallest absolute Gasteiger partial charge is 0.257 e. The van der Waals surface area contributed by atoms with Gasteiger partial charge in [-0.15, -0.1) is 24.8 Å². The summed E-state index contributed by atoms with van der Waals surface area (Å²) in [5.74, 6) is 0.0278.